The first kappa shape index (κ1) is 39.5. The average Bonchev–Trinajstić information content (AvgIpc) is 3.10. The Morgan fingerprint density at radius 2 is 1.27 bits per heavy atom. The van der Waals surface area contributed by atoms with Crippen LogP contribution >= 0.6 is 0 Å². The Labute approximate surface area is 297 Å². The zero-order valence-electron chi connectivity index (χ0n) is 29.2. The van der Waals surface area contributed by atoms with Crippen molar-refractivity contribution in [1.29, 1.82) is 5.41 Å². The number of guanidine groups is 1. The van der Waals surface area contributed by atoms with Crippen LogP contribution < -0.4 is 10.6 Å². The Kier molecular flexibility index (Phi) is 15.4. The number of ether oxygens (including phenoxy) is 4. The van der Waals surface area contributed by atoms with Crippen LogP contribution in [0.3, 0.4) is 0 Å². The van der Waals surface area contributed by atoms with Crippen molar-refractivity contribution < 1.29 is 42.9 Å². The number of hydrogen-bond donors (Lipinski definition) is 3. The summed E-state index contributed by atoms with van der Waals surface area (Å²) in [5, 5.41) is 26.4. The number of hydrogen-bond acceptors (Lipinski definition) is 10. The first-order valence-electron chi connectivity index (χ1n) is 16.4. The van der Waals surface area contributed by atoms with Crippen LogP contribution in [0.25, 0.3) is 0 Å². The van der Waals surface area contributed by atoms with Gasteiger partial charge >= 0.3 is 24.2 Å². The summed E-state index contributed by atoms with van der Waals surface area (Å²) in [6, 6.07) is 24.6. The predicted molar refractivity (Wildman–Crippen MR) is 189 cm³/mol. The van der Waals surface area contributed by atoms with E-state index in [1.54, 1.807) is 93.6 Å². The van der Waals surface area contributed by atoms with E-state index in [0.717, 1.165) is 22.2 Å². The van der Waals surface area contributed by atoms with Gasteiger partial charge in [-0.2, -0.15) is 4.74 Å². The molecule has 0 unspecified atom stereocenters. The molecule has 3 rings (SSSR count). The first-order valence-corrected chi connectivity index (χ1v) is 16.4. The predicted octanol–water partition coefficient (Wildman–Crippen LogP) is 5.87. The molecular weight excluding hydrogens is 658 g/mol. The summed E-state index contributed by atoms with van der Waals surface area (Å²) >= 11 is 0. The Bertz CT molecular complexity index is 1610. The number of alkyl carbamates (subject to hydrolysis) is 2. The maximum Gasteiger partial charge on any atom is 0.416 e. The fraction of sp³-hybridized carbons (Fsp3) is 0.351. The summed E-state index contributed by atoms with van der Waals surface area (Å²) in [5.41, 5.74) is 1.35. The summed E-state index contributed by atoms with van der Waals surface area (Å²) in [6.45, 7) is 6.05. The Hall–Kier alpha value is -5.92. The van der Waals surface area contributed by atoms with Crippen LogP contribution in [-0.4, -0.2) is 70.3 Å². The molecule has 0 heterocycles. The molecule has 0 fully saturated rings. The van der Waals surface area contributed by atoms with Crippen LogP contribution in [-0.2, 0) is 43.6 Å². The number of nitrogens with one attached hydrogen (secondary N) is 3. The van der Waals surface area contributed by atoms with Crippen molar-refractivity contribution in [3.8, 4) is 0 Å². The number of hydroxylamine groups is 1. The quantitative estimate of drug-likeness (QED) is 0.0352. The summed E-state index contributed by atoms with van der Waals surface area (Å²) in [5.74, 6) is -1.36. The van der Waals surface area contributed by atoms with E-state index in [4.69, 9.17) is 24.4 Å². The zero-order chi connectivity index (χ0) is 37.2. The fourth-order valence-corrected chi connectivity index (χ4v) is 4.38. The van der Waals surface area contributed by atoms with Gasteiger partial charge in [0, 0.05) is 13.5 Å². The SMILES string of the molecule is C[C@@H](C(=O)OC(C)(C)C)/[N+]([O-])=C/[C@H](CCCN(C(=N)NC(=O)OCc1ccccc1)C(=O)OCc1ccccc1)NC(=O)OCc1ccccc1. The lowest BCUT2D eigenvalue weighted by Gasteiger charge is -2.24. The molecule has 3 aromatic rings. The van der Waals surface area contributed by atoms with E-state index in [1.807, 2.05) is 18.2 Å². The number of amides is 3. The van der Waals surface area contributed by atoms with Crippen LogP contribution in [0.2, 0.25) is 0 Å². The molecule has 0 spiro atoms. The molecule has 0 saturated heterocycles. The lowest BCUT2D eigenvalue weighted by Crippen LogP contribution is -2.48. The largest absolute Gasteiger partial charge is 0.623 e. The third kappa shape index (κ3) is 15.0. The average molecular weight is 704 g/mol. The lowest BCUT2D eigenvalue weighted by molar-refractivity contribution is -0.482. The second-order valence-corrected chi connectivity index (χ2v) is 12.4. The number of carbonyl (C=O) groups excluding carboxylic acids is 4. The van der Waals surface area contributed by atoms with Gasteiger partial charge in [-0.25, -0.2) is 24.1 Å². The monoisotopic (exact) mass is 703 g/mol. The molecular formula is C37H45N5O9. The highest BCUT2D eigenvalue weighted by atomic mass is 16.6. The summed E-state index contributed by atoms with van der Waals surface area (Å²) in [4.78, 5) is 52.0. The van der Waals surface area contributed by atoms with Gasteiger partial charge in [0.15, 0.2) is 6.21 Å². The lowest BCUT2D eigenvalue weighted by atomic mass is 10.1. The van der Waals surface area contributed by atoms with Crippen molar-refractivity contribution in [1.82, 2.24) is 15.5 Å². The molecule has 0 bridgehead atoms. The van der Waals surface area contributed by atoms with Gasteiger partial charge in [-0.1, -0.05) is 91.0 Å². The molecule has 14 nitrogen and oxygen atoms in total. The highest BCUT2D eigenvalue weighted by Gasteiger charge is 2.29. The van der Waals surface area contributed by atoms with E-state index in [9.17, 15) is 24.4 Å². The van der Waals surface area contributed by atoms with Crippen molar-refractivity contribution in [2.45, 2.75) is 78.0 Å². The smallest absolute Gasteiger partial charge is 0.416 e. The minimum Gasteiger partial charge on any atom is -0.623 e. The topological polar surface area (TPSA) is 182 Å². The number of rotatable bonds is 14. The van der Waals surface area contributed by atoms with Gasteiger partial charge in [0.05, 0.1) is 0 Å². The summed E-state index contributed by atoms with van der Waals surface area (Å²) in [7, 11) is 0. The van der Waals surface area contributed by atoms with E-state index in [0.29, 0.717) is 10.3 Å². The Morgan fingerprint density at radius 1 is 0.804 bits per heavy atom. The maximum atomic E-state index is 13.2. The van der Waals surface area contributed by atoms with E-state index in [1.165, 1.54) is 6.92 Å². The second-order valence-electron chi connectivity index (χ2n) is 12.4. The molecule has 0 aliphatic rings. The molecule has 0 saturated carbocycles. The second kappa shape index (κ2) is 19.9. The first-order chi connectivity index (χ1) is 24.3. The maximum absolute atomic E-state index is 13.2. The van der Waals surface area contributed by atoms with Crippen LogP contribution in [0, 0.1) is 10.6 Å². The molecule has 2 atom stereocenters. The minimum atomic E-state index is -1.24. The molecule has 3 aromatic carbocycles. The standard InChI is InChI=1S/C37H45N5O9/c1-27(32(43)51-37(2,3)4)42(47)23-31(39-34(44)48-24-28-15-8-5-9-16-28)21-14-22-41(36(46)50-26-30-19-12-7-13-20-30)33(38)40-35(45)49-25-29-17-10-6-11-18-29/h5-13,15-20,23,27,31H,14,21-22,24-26H2,1-4H3,(H,39,44)(H2,38,40,45)/b42-23-/t27-,31-/m0/s1. The van der Waals surface area contributed by atoms with Gasteiger partial charge in [0.2, 0.25) is 5.96 Å². The Balaban J connectivity index is 1.72. The normalized spacial score (nSPS) is 12.4. The van der Waals surface area contributed by atoms with Crippen molar-refractivity contribution in [3.63, 3.8) is 0 Å². The third-order valence-electron chi connectivity index (χ3n) is 7.00. The van der Waals surface area contributed by atoms with Crippen LogP contribution in [0.4, 0.5) is 14.4 Å². The molecule has 14 heteroatoms. The Morgan fingerprint density at radius 3 is 1.76 bits per heavy atom. The van der Waals surface area contributed by atoms with E-state index >= 15 is 0 Å². The van der Waals surface area contributed by atoms with Crippen molar-refractivity contribution in [3.05, 3.63) is 113 Å². The van der Waals surface area contributed by atoms with Crippen LogP contribution in [0.15, 0.2) is 91.0 Å². The van der Waals surface area contributed by atoms with E-state index < -0.39 is 47.9 Å². The van der Waals surface area contributed by atoms with Gasteiger partial charge in [-0.3, -0.25) is 10.7 Å². The van der Waals surface area contributed by atoms with E-state index in [-0.39, 0.29) is 39.2 Å². The van der Waals surface area contributed by atoms with Gasteiger partial charge in [-0.05, 0) is 50.3 Å². The highest BCUT2D eigenvalue weighted by Crippen LogP contribution is 2.11. The molecule has 0 aliphatic carbocycles. The third-order valence-corrected chi connectivity index (χ3v) is 7.00. The number of benzene rings is 3. The highest BCUT2D eigenvalue weighted by molar-refractivity contribution is 5.99. The molecule has 272 valence electrons. The zero-order valence-corrected chi connectivity index (χ0v) is 29.2. The van der Waals surface area contributed by atoms with Crippen LogP contribution in [0.5, 0.6) is 0 Å². The van der Waals surface area contributed by atoms with Crippen molar-refractivity contribution in [2.75, 3.05) is 6.54 Å². The molecule has 0 aliphatic heterocycles. The van der Waals surface area contributed by atoms with Gasteiger partial charge in [-0.15, -0.1) is 0 Å². The van der Waals surface area contributed by atoms with Crippen molar-refractivity contribution in [2.24, 2.45) is 0 Å². The fourth-order valence-electron chi connectivity index (χ4n) is 4.38. The van der Waals surface area contributed by atoms with Crippen LogP contribution in [0.1, 0.15) is 57.2 Å². The van der Waals surface area contributed by atoms with Gasteiger partial charge in [0.1, 0.15) is 31.5 Å². The molecule has 0 radical (unpaired) electrons. The number of esters is 1. The summed E-state index contributed by atoms with van der Waals surface area (Å²) in [6.07, 6.45) is -1.45. The summed E-state index contributed by atoms with van der Waals surface area (Å²) < 4.78 is 21.7. The van der Waals surface area contributed by atoms with Gasteiger partial charge in [0.25, 0.3) is 6.04 Å². The molecule has 3 amide bonds. The van der Waals surface area contributed by atoms with E-state index in [2.05, 4.69) is 10.6 Å². The number of nitrogens with zero attached hydrogens (tertiary/aromatic N) is 2. The van der Waals surface area contributed by atoms with Gasteiger partial charge < -0.3 is 29.5 Å². The number of carbonyl (C=O) groups is 4. The molecule has 51 heavy (non-hydrogen) atoms. The molecule has 0 aromatic heterocycles. The molecule has 3 N–H and O–H groups in total. The minimum absolute atomic E-state index is 0.0287. The van der Waals surface area contributed by atoms with Crippen molar-refractivity contribution >= 4 is 36.4 Å².